The van der Waals surface area contributed by atoms with Crippen LogP contribution in [0.25, 0.3) is 10.4 Å². The first-order valence-corrected chi connectivity index (χ1v) is 12.4. The second kappa shape index (κ2) is 11.6. The smallest absolute Gasteiger partial charge is 0.408 e. The van der Waals surface area contributed by atoms with Gasteiger partial charge in [0.15, 0.2) is 0 Å². The van der Waals surface area contributed by atoms with Crippen molar-refractivity contribution in [2.24, 2.45) is 10.2 Å². The van der Waals surface area contributed by atoms with Crippen molar-refractivity contribution in [1.29, 1.82) is 0 Å². The number of hydrazone groups is 1. The fourth-order valence-corrected chi connectivity index (χ4v) is 5.16. The van der Waals surface area contributed by atoms with Gasteiger partial charge in [0, 0.05) is 17.0 Å². The van der Waals surface area contributed by atoms with Crippen LogP contribution in [0.15, 0.2) is 58.7 Å². The van der Waals surface area contributed by atoms with E-state index in [-0.39, 0.29) is 23.6 Å². The summed E-state index contributed by atoms with van der Waals surface area (Å²) >= 11 is 1.10. The van der Waals surface area contributed by atoms with Crippen LogP contribution in [0.2, 0.25) is 0 Å². The summed E-state index contributed by atoms with van der Waals surface area (Å²) in [5, 5.41) is 11.9. The fourth-order valence-electron chi connectivity index (χ4n) is 3.74. The minimum atomic E-state index is -1.18. The van der Waals surface area contributed by atoms with Crippen LogP contribution in [0, 0.1) is 11.6 Å². The number of nitrogens with one attached hydrogen (secondary N) is 1. The molecule has 2 aromatic carbocycles. The second-order valence-electron chi connectivity index (χ2n) is 9.36. The molecule has 1 aliphatic heterocycles. The van der Waals surface area contributed by atoms with Gasteiger partial charge in [-0.25, -0.2) is 18.6 Å². The van der Waals surface area contributed by atoms with E-state index in [1.165, 1.54) is 11.9 Å². The highest BCUT2D eigenvalue weighted by atomic mass is 32.2. The molecule has 9 nitrogen and oxygen atoms in total. The van der Waals surface area contributed by atoms with E-state index in [4.69, 9.17) is 10.3 Å². The van der Waals surface area contributed by atoms with Gasteiger partial charge >= 0.3 is 6.09 Å². The molecule has 0 saturated heterocycles. The summed E-state index contributed by atoms with van der Waals surface area (Å²) in [6.45, 7) is 6.74. The molecule has 12 heteroatoms. The maximum Gasteiger partial charge on any atom is 0.408 e. The first-order chi connectivity index (χ1) is 17.5. The summed E-state index contributed by atoms with van der Waals surface area (Å²) in [5.41, 5.74) is 8.51. The summed E-state index contributed by atoms with van der Waals surface area (Å²) in [4.78, 5) is 27.7. The molecule has 2 atom stereocenters. The van der Waals surface area contributed by atoms with Crippen molar-refractivity contribution >= 4 is 28.8 Å². The maximum atomic E-state index is 14.8. The number of hydrogen-bond acceptors (Lipinski definition) is 6. The zero-order chi connectivity index (χ0) is 27.2. The van der Waals surface area contributed by atoms with Gasteiger partial charge < -0.3 is 10.1 Å². The third-order valence-electron chi connectivity index (χ3n) is 5.33. The molecule has 1 aliphatic rings. The lowest BCUT2D eigenvalue weighted by atomic mass is 9.99. The van der Waals surface area contributed by atoms with Crippen LogP contribution in [-0.2, 0) is 14.4 Å². The standard InChI is InChI=1S/C25H28F2N6O3S/c1-16(30-23(35)36-24(2,3)4)22(34)33-25(13-8-14-29-32-28,17-9-6-5-7-10-17)37-21(31-33)19-15-18(26)11-12-20(19)27/h5-7,9-12,15-16H,8,13-14H2,1-4H3,(H,30,35). The Morgan fingerprint density at radius 1 is 1.24 bits per heavy atom. The normalized spacial score (nSPS) is 18.0. The van der Waals surface area contributed by atoms with Gasteiger partial charge in [0.05, 0.1) is 0 Å². The number of thioether (sulfide) groups is 1. The zero-order valence-electron chi connectivity index (χ0n) is 20.9. The Kier molecular flexibility index (Phi) is 8.77. The highest BCUT2D eigenvalue weighted by Gasteiger charge is 2.49. The SMILES string of the molecule is CC(NC(=O)OC(C)(C)C)C(=O)N1N=C(c2cc(F)ccc2F)SC1(CCCN=[N+]=[N-])c1ccccc1. The number of carbonyl (C=O) groups excluding carboxylic acids is 2. The van der Waals surface area contributed by atoms with Crippen molar-refractivity contribution in [2.75, 3.05) is 6.54 Å². The largest absolute Gasteiger partial charge is 0.444 e. The highest BCUT2D eigenvalue weighted by Crippen LogP contribution is 2.50. The highest BCUT2D eigenvalue weighted by molar-refractivity contribution is 8.15. The minimum absolute atomic E-state index is 0.0941. The van der Waals surface area contributed by atoms with Gasteiger partial charge in [0.1, 0.15) is 33.2 Å². The number of carbonyl (C=O) groups is 2. The molecule has 1 heterocycles. The van der Waals surface area contributed by atoms with Crippen LogP contribution >= 0.6 is 11.8 Å². The molecule has 0 spiro atoms. The van der Waals surface area contributed by atoms with Crippen molar-refractivity contribution in [1.82, 2.24) is 10.3 Å². The molecule has 0 bridgehead atoms. The summed E-state index contributed by atoms with van der Waals surface area (Å²) in [5.74, 6) is -1.94. The lowest BCUT2D eigenvalue weighted by Crippen LogP contribution is -2.51. The number of ether oxygens (including phenoxy) is 1. The van der Waals surface area contributed by atoms with Gasteiger partial charge in [-0.1, -0.05) is 47.2 Å². The van der Waals surface area contributed by atoms with Gasteiger partial charge in [-0.3, -0.25) is 4.79 Å². The van der Waals surface area contributed by atoms with Crippen LogP contribution in [0.1, 0.15) is 51.7 Å². The summed E-state index contributed by atoms with van der Waals surface area (Å²) < 4.78 is 34.1. The second-order valence-corrected chi connectivity index (χ2v) is 10.6. The Hall–Kier alpha value is -3.63. The number of amides is 2. The van der Waals surface area contributed by atoms with Gasteiger partial charge in [-0.05, 0) is 69.8 Å². The molecular weight excluding hydrogens is 502 g/mol. The predicted molar refractivity (Wildman–Crippen MR) is 138 cm³/mol. The topological polar surface area (TPSA) is 120 Å². The molecule has 0 saturated carbocycles. The number of rotatable bonds is 8. The van der Waals surface area contributed by atoms with E-state index in [9.17, 15) is 18.4 Å². The third-order valence-corrected chi connectivity index (χ3v) is 6.78. The average Bonchev–Trinajstić information content (AvgIpc) is 3.22. The first-order valence-electron chi connectivity index (χ1n) is 11.6. The molecule has 0 aliphatic carbocycles. The number of azide groups is 1. The Bertz CT molecular complexity index is 1230. The van der Waals surface area contributed by atoms with Crippen molar-refractivity contribution < 1.29 is 23.1 Å². The number of alkyl carbamates (subject to hydrolysis) is 1. The van der Waals surface area contributed by atoms with Crippen molar-refractivity contribution in [3.8, 4) is 0 Å². The quantitative estimate of drug-likeness (QED) is 0.193. The molecule has 0 radical (unpaired) electrons. The van der Waals surface area contributed by atoms with E-state index in [0.29, 0.717) is 12.0 Å². The maximum absolute atomic E-state index is 14.8. The molecule has 37 heavy (non-hydrogen) atoms. The number of hydrogen-bond donors (Lipinski definition) is 1. The first kappa shape index (κ1) is 27.9. The van der Waals surface area contributed by atoms with Crippen LogP contribution in [0.3, 0.4) is 0 Å². The van der Waals surface area contributed by atoms with E-state index in [0.717, 1.165) is 30.0 Å². The van der Waals surface area contributed by atoms with Crippen molar-refractivity contribution in [2.45, 2.75) is 57.1 Å². The molecule has 196 valence electrons. The van der Waals surface area contributed by atoms with Crippen LogP contribution in [0.5, 0.6) is 0 Å². The van der Waals surface area contributed by atoms with Gasteiger partial charge in [0.2, 0.25) is 0 Å². The number of nitrogens with zero attached hydrogens (tertiary/aromatic N) is 5. The van der Waals surface area contributed by atoms with Gasteiger partial charge in [-0.15, -0.1) is 0 Å². The Morgan fingerprint density at radius 2 is 1.95 bits per heavy atom. The van der Waals surface area contributed by atoms with Crippen LogP contribution in [0.4, 0.5) is 13.6 Å². The third kappa shape index (κ3) is 6.78. The summed E-state index contributed by atoms with van der Waals surface area (Å²) in [7, 11) is 0. The van der Waals surface area contributed by atoms with E-state index in [2.05, 4.69) is 20.4 Å². The van der Waals surface area contributed by atoms with Gasteiger partial charge in [-0.2, -0.15) is 5.10 Å². The summed E-state index contributed by atoms with van der Waals surface area (Å²) in [6.07, 6.45) is -0.137. The monoisotopic (exact) mass is 530 g/mol. The average molecular weight is 531 g/mol. The lowest BCUT2D eigenvalue weighted by Gasteiger charge is -2.37. The molecule has 3 rings (SSSR count). The van der Waals surface area contributed by atoms with Crippen molar-refractivity contribution in [3.63, 3.8) is 0 Å². The molecule has 2 unspecified atom stereocenters. The Balaban J connectivity index is 2.06. The molecule has 2 aromatic rings. The Labute approximate surface area is 217 Å². The zero-order valence-corrected chi connectivity index (χ0v) is 21.8. The molecule has 2 amide bonds. The number of halogens is 2. The van der Waals surface area contributed by atoms with E-state index in [1.54, 1.807) is 45.0 Å². The van der Waals surface area contributed by atoms with E-state index >= 15 is 0 Å². The van der Waals surface area contributed by atoms with E-state index < -0.39 is 40.1 Å². The molecule has 0 fully saturated rings. The minimum Gasteiger partial charge on any atom is -0.444 e. The predicted octanol–water partition coefficient (Wildman–Crippen LogP) is 6.06. The molecule has 1 N–H and O–H groups in total. The lowest BCUT2D eigenvalue weighted by molar-refractivity contribution is -0.136. The molecule has 0 aromatic heterocycles. The Morgan fingerprint density at radius 3 is 2.59 bits per heavy atom. The summed E-state index contributed by atoms with van der Waals surface area (Å²) in [6, 6.07) is 10.9. The van der Waals surface area contributed by atoms with Crippen molar-refractivity contribution in [3.05, 3.63) is 81.7 Å². The van der Waals surface area contributed by atoms with Gasteiger partial charge in [0.25, 0.3) is 5.91 Å². The number of benzene rings is 2. The molecular formula is C25H28F2N6O3S. The van der Waals surface area contributed by atoms with Crippen LogP contribution in [-0.4, -0.2) is 40.2 Å². The fraction of sp³-hybridized carbons (Fsp3) is 0.400. The van der Waals surface area contributed by atoms with E-state index in [1.807, 2.05) is 6.07 Å². The van der Waals surface area contributed by atoms with Crippen LogP contribution < -0.4 is 5.32 Å².